The second kappa shape index (κ2) is 12.5. The third-order valence-corrected chi connectivity index (χ3v) is 4.86. The van der Waals surface area contributed by atoms with E-state index in [0.717, 1.165) is 35.4 Å². The molecule has 0 saturated carbocycles. The van der Waals surface area contributed by atoms with Gasteiger partial charge in [-0.05, 0) is 79.2 Å². The molecule has 0 amide bonds. The van der Waals surface area contributed by atoms with Crippen LogP contribution in [0.1, 0.15) is 54.1 Å². The van der Waals surface area contributed by atoms with E-state index < -0.39 is 18.1 Å². The lowest BCUT2D eigenvalue weighted by molar-refractivity contribution is -0.274. The van der Waals surface area contributed by atoms with Crippen LogP contribution in [0.5, 0.6) is 17.2 Å². The molecule has 0 spiro atoms. The van der Waals surface area contributed by atoms with Crippen LogP contribution >= 0.6 is 0 Å². The SMILES string of the molecule is CCCCCCOc1ccc(C#Cc2ccc(OC(=O)c3ccc(OC(F)(F)F)cc3)cc2)cc1. The quantitative estimate of drug-likeness (QED) is 0.140. The third kappa shape index (κ3) is 9.09. The summed E-state index contributed by atoms with van der Waals surface area (Å²) in [6, 6.07) is 18.7. The minimum Gasteiger partial charge on any atom is -0.494 e. The predicted octanol–water partition coefficient (Wildman–Crippen LogP) is 7.16. The number of carbonyl (C=O) groups excluding carboxylic acids is 1. The van der Waals surface area contributed by atoms with Crippen molar-refractivity contribution in [1.82, 2.24) is 0 Å². The normalized spacial score (nSPS) is 10.7. The Morgan fingerprint density at radius 3 is 1.83 bits per heavy atom. The summed E-state index contributed by atoms with van der Waals surface area (Å²) in [7, 11) is 0. The molecule has 0 aliphatic rings. The van der Waals surface area contributed by atoms with Gasteiger partial charge in [-0.2, -0.15) is 0 Å². The van der Waals surface area contributed by atoms with Gasteiger partial charge < -0.3 is 14.2 Å². The Labute approximate surface area is 202 Å². The van der Waals surface area contributed by atoms with Crippen molar-refractivity contribution in [3.05, 3.63) is 89.5 Å². The minimum absolute atomic E-state index is 0.0942. The molecule has 182 valence electrons. The Morgan fingerprint density at radius 1 is 0.743 bits per heavy atom. The molecule has 0 bridgehead atoms. The third-order valence-electron chi connectivity index (χ3n) is 4.86. The number of carbonyl (C=O) groups is 1. The highest BCUT2D eigenvalue weighted by atomic mass is 19.4. The van der Waals surface area contributed by atoms with Gasteiger partial charge in [0.1, 0.15) is 17.2 Å². The van der Waals surface area contributed by atoms with Crippen LogP contribution in [0.4, 0.5) is 13.2 Å². The van der Waals surface area contributed by atoms with E-state index in [2.05, 4.69) is 23.5 Å². The first-order valence-corrected chi connectivity index (χ1v) is 11.3. The van der Waals surface area contributed by atoms with Crippen molar-refractivity contribution in [2.24, 2.45) is 0 Å². The molecule has 0 aliphatic heterocycles. The highest BCUT2D eigenvalue weighted by Gasteiger charge is 2.31. The first-order chi connectivity index (χ1) is 16.8. The molecular weight excluding hydrogens is 457 g/mol. The smallest absolute Gasteiger partial charge is 0.494 e. The van der Waals surface area contributed by atoms with Crippen LogP contribution < -0.4 is 14.2 Å². The van der Waals surface area contributed by atoms with Crippen LogP contribution in [0.25, 0.3) is 0 Å². The van der Waals surface area contributed by atoms with Crippen molar-refractivity contribution in [2.45, 2.75) is 39.0 Å². The van der Waals surface area contributed by atoms with E-state index in [9.17, 15) is 18.0 Å². The molecule has 0 atom stereocenters. The fourth-order valence-corrected chi connectivity index (χ4v) is 3.06. The summed E-state index contributed by atoms with van der Waals surface area (Å²) >= 11 is 0. The predicted molar refractivity (Wildman–Crippen MR) is 127 cm³/mol. The van der Waals surface area contributed by atoms with Gasteiger partial charge >= 0.3 is 12.3 Å². The number of benzene rings is 3. The molecule has 7 heteroatoms. The molecule has 0 unspecified atom stereocenters. The van der Waals surface area contributed by atoms with Crippen molar-refractivity contribution in [3.8, 4) is 29.1 Å². The van der Waals surface area contributed by atoms with Crippen LogP contribution in [0, 0.1) is 11.8 Å². The molecule has 3 rings (SSSR count). The minimum atomic E-state index is -4.79. The summed E-state index contributed by atoms with van der Waals surface area (Å²) in [5.74, 6) is 6.12. The average molecular weight is 482 g/mol. The summed E-state index contributed by atoms with van der Waals surface area (Å²) in [6.45, 7) is 2.88. The zero-order valence-electron chi connectivity index (χ0n) is 19.2. The van der Waals surface area contributed by atoms with E-state index >= 15 is 0 Å². The van der Waals surface area contributed by atoms with Gasteiger partial charge in [-0.1, -0.05) is 38.0 Å². The van der Waals surface area contributed by atoms with Crippen LogP contribution in [-0.4, -0.2) is 18.9 Å². The molecule has 4 nitrogen and oxygen atoms in total. The van der Waals surface area contributed by atoms with Gasteiger partial charge in [-0.3, -0.25) is 0 Å². The highest BCUT2D eigenvalue weighted by molar-refractivity contribution is 5.91. The summed E-state index contributed by atoms with van der Waals surface area (Å²) in [6.07, 6.45) is -0.157. The van der Waals surface area contributed by atoms with E-state index in [1.54, 1.807) is 24.3 Å². The molecule has 0 heterocycles. The largest absolute Gasteiger partial charge is 0.573 e. The van der Waals surface area contributed by atoms with E-state index in [0.29, 0.717) is 6.61 Å². The summed E-state index contributed by atoms with van der Waals surface area (Å²) in [5, 5.41) is 0. The molecule has 35 heavy (non-hydrogen) atoms. The zero-order chi connectivity index (χ0) is 25.1. The fourth-order valence-electron chi connectivity index (χ4n) is 3.06. The van der Waals surface area contributed by atoms with Crippen molar-refractivity contribution >= 4 is 5.97 Å². The number of alkyl halides is 3. The van der Waals surface area contributed by atoms with Gasteiger partial charge in [0.2, 0.25) is 0 Å². The molecule has 0 radical (unpaired) electrons. The van der Waals surface area contributed by atoms with Gasteiger partial charge in [0.05, 0.1) is 12.2 Å². The molecule has 0 aromatic heterocycles. The number of rotatable bonds is 9. The topological polar surface area (TPSA) is 44.8 Å². The average Bonchev–Trinajstić information content (AvgIpc) is 2.84. The van der Waals surface area contributed by atoms with Crippen LogP contribution in [0.2, 0.25) is 0 Å². The monoisotopic (exact) mass is 482 g/mol. The first-order valence-electron chi connectivity index (χ1n) is 11.3. The fraction of sp³-hybridized carbons (Fsp3) is 0.250. The highest BCUT2D eigenvalue weighted by Crippen LogP contribution is 2.23. The van der Waals surface area contributed by atoms with Gasteiger partial charge in [-0.25, -0.2) is 4.79 Å². The van der Waals surface area contributed by atoms with Gasteiger partial charge in [-0.15, -0.1) is 13.2 Å². The Bertz CT molecular complexity index is 1140. The lowest BCUT2D eigenvalue weighted by Crippen LogP contribution is -2.17. The molecule has 0 N–H and O–H groups in total. The van der Waals surface area contributed by atoms with E-state index in [4.69, 9.17) is 9.47 Å². The standard InChI is InChI=1S/C28H25F3O4/c1-2-3-4-5-20-33-24-14-8-21(9-15-24)6-7-22-10-16-25(17-11-22)34-27(32)23-12-18-26(19-13-23)35-28(29,30)31/h8-19H,2-5,20H2,1H3. The van der Waals surface area contributed by atoms with Crippen LogP contribution in [0.15, 0.2) is 72.8 Å². The molecular formula is C28H25F3O4. The summed E-state index contributed by atoms with van der Waals surface area (Å²) in [4.78, 5) is 12.2. The first kappa shape index (κ1) is 25.7. The molecule has 3 aromatic rings. The Hall–Kier alpha value is -3.92. The second-order valence-corrected chi connectivity index (χ2v) is 7.67. The van der Waals surface area contributed by atoms with E-state index in [-0.39, 0.29) is 11.3 Å². The number of halogens is 3. The van der Waals surface area contributed by atoms with Crippen LogP contribution in [0.3, 0.4) is 0 Å². The summed E-state index contributed by atoms with van der Waals surface area (Å²) < 4.78 is 51.5. The van der Waals surface area contributed by atoms with Gasteiger partial charge in [0.25, 0.3) is 0 Å². The zero-order valence-corrected chi connectivity index (χ0v) is 19.2. The van der Waals surface area contributed by atoms with E-state index in [1.165, 1.54) is 31.4 Å². The van der Waals surface area contributed by atoms with Crippen molar-refractivity contribution in [1.29, 1.82) is 0 Å². The lowest BCUT2D eigenvalue weighted by Gasteiger charge is -2.09. The second-order valence-electron chi connectivity index (χ2n) is 7.67. The maximum Gasteiger partial charge on any atom is 0.573 e. The Morgan fingerprint density at radius 2 is 1.29 bits per heavy atom. The van der Waals surface area contributed by atoms with Gasteiger partial charge in [0, 0.05) is 11.1 Å². The van der Waals surface area contributed by atoms with Crippen LogP contribution in [-0.2, 0) is 0 Å². The van der Waals surface area contributed by atoms with Crippen molar-refractivity contribution < 1.29 is 32.2 Å². The Kier molecular flexibility index (Phi) is 9.19. The maximum absolute atomic E-state index is 12.2. The lowest BCUT2D eigenvalue weighted by atomic mass is 10.1. The van der Waals surface area contributed by atoms with Gasteiger partial charge in [0.15, 0.2) is 0 Å². The molecule has 0 aliphatic carbocycles. The maximum atomic E-state index is 12.2. The van der Waals surface area contributed by atoms with E-state index in [1.807, 2.05) is 24.3 Å². The number of esters is 1. The Balaban J connectivity index is 1.51. The molecule has 0 saturated heterocycles. The number of unbranched alkanes of at least 4 members (excludes halogenated alkanes) is 3. The molecule has 0 fully saturated rings. The number of hydrogen-bond acceptors (Lipinski definition) is 4. The van der Waals surface area contributed by atoms with Crippen molar-refractivity contribution in [3.63, 3.8) is 0 Å². The summed E-state index contributed by atoms with van der Waals surface area (Å²) in [5.41, 5.74) is 1.67. The number of hydrogen-bond donors (Lipinski definition) is 0. The molecule has 3 aromatic carbocycles. The van der Waals surface area contributed by atoms with Crippen molar-refractivity contribution in [2.75, 3.05) is 6.61 Å². The number of ether oxygens (including phenoxy) is 3.